The first-order valence-corrected chi connectivity index (χ1v) is 7.19. The van der Waals surface area contributed by atoms with Crippen molar-refractivity contribution >= 4 is 34.0 Å². The monoisotopic (exact) mass is 303 g/mol. The number of thiazole rings is 1. The van der Waals surface area contributed by atoms with Crippen molar-refractivity contribution in [3.8, 4) is 5.75 Å². The third-order valence-corrected chi connectivity index (χ3v) is 3.91. The summed E-state index contributed by atoms with van der Waals surface area (Å²) in [7, 11) is 0. The average molecular weight is 303 g/mol. The first-order valence-electron chi connectivity index (χ1n) is 6.31. The summed E-state index contributed by atoms with van der Waals surface area (Å²) in [5.41, 5.74) is -0.0680. The minimum atomic E-state index is -1.63. The first kappa shape index (κ1) is 13.6. The molecule has 2 heterocycles. The third-order valence-electron chi connectivity index (χ3n) is 3.22. The zero-order valence-electron chi connectivity index (χ0n) is 11.5. The lowest BCUT2D eigenvalue weighted by Crippen LogP contribution is -2.56. The first-order chi connectivity index (χ1) is 9.99. The van der Waals surface area contributed by atoms with E-state index in [0.717, 1.165) is 5.56 Å². The molecule has 3 rings (SSSR count). The number of nitrogens with one attached hydrogen (secondary N) is 2. The van der Waals surface area contributed by atoms with Crippen molar-refractivity contribution in [3.63, 3.8) is 0 Å². The number of hydrogen-bond donors (Lipinski definition) is 2. The van der Waals surface area contributed by atoms with Crippen LogP contribution in [-0.4, -0.2) is 22.4 Å². The topological polar surface area (TPSA) is 80.3 Å². The Morgan fingerprint density at radius 2 is 2.29 bits per heavy atom. The smallest absolute Gasteiger partial charge is 0.280 e. The number of benzene rings is 1. The standard InChI is InChI=1S/C14H13N3O3S/c1-8-3-4-10-9(7-8)16-11(18)14(2,20-10)12(19)17-13-15-5-6-21-13/h3-7H,1-2H3,(H,16,18)(H,15,17,19)/t14-/m1/s1. The Labute approximate surface area is 125 Å². The van der Waals surface area contributed by atoms with Crippen molar-refractivity contribution in [1.82, 2.24) is 4.98 Å². The number of anilines is 2. The Balaban J connectivity index is 1.89. The molecule has 0 saturated carbocycles. The molecule has 0 radical (unpaired) electrons. The second kappa shape index (κ2) is 4.85. The summed E-state index contributed by atoms with van der Waals surface area (Å²) < 4.78 is 5.65. The maximum Gasteiger partial charge on any atom is 0.280 e. The van der Waals surface area contributed by atoms with Gasteiger partial charge >= 0.3 is 0 Å². The van der Waals surface area contributed by atoms with Crippen LogP contribution < -0.4 is 15.4 Å². The van der Waals surface area contributed by atoms with Crippen LogP contribution in [-0.2, 0) is 9.59 Å². The van der Waals surface area contributed by atoms with Gasteiger partial charge in [0.15, 0.2) is 5.13 Å². The van der Waals surface area contributed by atoms with Gasteiger partial charge in [-0.1, -0.05) is 6.07 Å². The van der Waals surface area contributed by atoms with Crippen LogP contribution in [0.2, 0.25) is 0 Å². The second-order valence-electron chi connectivity index (χ2n) is 4.88. The average Bonchev–Trinajstić information content (AvgIpc) is 2.93. The van der Waals surface area contributed by atoms with E-state index in [-0.39, 0.29) is 0 Å². The molecule has 21 heavy (non-hydrogen) atoms. The van der Waals surface area contributed by atoms with Crippen molar-refractivity contribution in [2.45, 2.75) is 19.4 Å². The molecule has 0 fully saturated rings. The van der Waals surface area contributed by atoms with Crippen LogP contribution in [0.1, 0.15) is 12.5 Å². The number of aromatic nitrogens is 1. The lowest BCUT2D eigenvalue weighted by molar-refractivity contribution is -0.143. The SMILES string of the molecule is Cc1ccc2c(c1)NC(=O)[C@](C)(C(=O)Nc1nccs1)O2. The molecule has 2 aromatic rings. The fourth-order valence-corrected chi connectivity index (χ4v) is 2.51. The number of carbonyl (C=O) groups excluding carboxylic acids is 2. The van der Waals surface area contributed by atoms with E-state index in [2.05, 4.69) is 15.6 Å². The molecule has 1 aliphatic rings. The normalized spacial score (nSPS) is 20.2. The molecule has 0 saturated heterocycles. The quantitative estimate of drug-likeness (QED) is 0.833. The van der Waals surface area contributed by atoms with Gasteiger partial charge in [0.1, 0.15) is 5.75 Å². The fourth-order valence-electron chi connectivity index (χ4n) is 1.99. The number of ether oxygens (including phenoxy) is 1. The van der Waals surface area contributed by atoms with Gasteiger partial charge in [-0.3, -0.25) is 14.9 Å². The molecule has 108 valence electrons. The predicted molar refractivity (Wildman–Crippen MR) is 79.6 cm³/mol. The third kappa shape index (κ3) is 2.36. The van der Waals surface area contributed by atoms with E-state index in [1.165, 1.54) is 18.3 Å². The highest BCUT2D eigenvalue weighted by atomic mass is 32.1. The number of aryl methyl sites for hydroxylation is 1. The summed E-state index contributed by atoms with van der Waals surface area (Å²) in [5.74, 6) is -0.590. The molecule has 1 aromatic heterocycles. The minimum absolute atomic E-state index is 0.423. The molecule has 0 unspecified atom stereocenters. The minimum Gasteiger partial charge on any atom is -0.466 e. The molecule has 6 nitrogen and oxygen atoms in total. The highest BCUT2D eigenvalue weighted by Crippen LogP contribution is 2.34. The highest BCUT2D eigenvalue weighted by molar-refractivity contribution is 7.13. The summed E-state index contributed by atoms with van der Waals surface area (Å²) in [6, 6.07) is 5.39. The van der Waals surface area contributed by atoms with Gasteiger partial charge in [0.2, 0.25) is 0 Å². The second-order valence-corrected chi connectivity index (χ2v) is 5.77. The van der Waals surface area contributed by atoms with Crippen LogP contribution >= 0.6 is 11.3 Å². The zero-order valence-corrected chi connectivity index (χ0v) is 12.3. The summed E-state index contributed by atoms with van der Waals surface area (Å²) in [6.07, 6.45) is 1.57. The Kier molecular flexibility index (Phi) is 3.13. The van der Waals surface area contributed by atoms with Crippen LogP contribution in [0.15, 0.2) is 29.8 Å². The lowest BCUT2D eigenvalue weighted by Gasteiger charge is -2.33. The number of rotatable bonds is 2. The van der Waals surface area contributed by atoms with Gasteiger partial charge in [0.25, 0.3) is 17.4 Å². The van der Waals surface area contributed by atoms with Gasteiger partial charge in [-0.2, -0.15) is 0 Å². The summed E-state index contributed by atoms with van der Waals surface area (Å²) in [4.78, 5) is 28.6. The number of amides is 2. The maximum absolute atomic E-state index is 12.3. The highest BCUT2D eigenvalue weighted by Gasteiger charge is 2.47. The number of hydrogen-bond acceptors (Lipinski definition) is 5. The van der Waals surface area contributed by atoms with Crippen molar-refractivity contribution in [2.75, 3.05) is 10.6 Å². The van der Waals surface area contributed by atoms with Crippen LogP contribution in [0.3, 0.4) is 0 Å². The molecular formula is C14H13N3O3S. The van der Waals surface area contributed by atoms with E-state index in [1.54, 1.807) is 23.7 Å². The van der Waals surface area contributed by atoms with E-state index < -0.39 is 17.4 Å². The van der Waals surface area contributed by atoms with Crippen LogP contribution in [0, 0.1) is 6.92 Å². The van der Waals surface area contributed by atoms with Crippen LogP contribution in [0.5, 0.6) is 5.75 Å². The lowest BCUT2D eigenvalue weighted by atomic mass is 10.0. The van der Waals surface area contributed by atoms with Crippen LogP contribution in [0.25, 0.3) is 0 Å². The number of fused-ring (bicyclic) bond motifs is 1. The van der Waals surface area contributed by atoms with E-state index in [0.29, 0.717) is 16.6 Å². The molecule has 2 N–H and O–H groups in total. The molecular weight excluding hydrogens is 290 g/mol. The van der Waals surface area contributed by atoms with Crippen molar-refractivity contribution in [2.24, 2.45) is 0 Å². The summed E-state index contributed by atoms with van der Waals surface area (Å²) in [6.45, 7) is 3.35. The predicted octanol–water partition coefficient (Wildman–Crippen LogP) is 2.18. The van der Waals surface area contributed by atoms with E-state index >= 15 is 0 Å². The van der Waals surface area contributed by atoms with Gasteiger partial charge in [-0.25, -0.2) is 4.98 Å². The van der Waals surface area contributed by atoms with Gasteiger partial charge in [0.05, 0.1) is 5.69 Å². The maximum atomic E-state index is 12.3. The van der Waals surface area contributed by atoms with E-state index in [9.17, 15) is 9.59 Å². The van der Waals surface area contributed by atoms with E-state index in [4.69, 9.17) is 4.74 Å². The molecule has 0 bridgehead atoms. The largest absolute Gasteiger partial charge is 0.466 e. The molecule has 1 aliphatic heterocycles. The Bertz CT molecular complexity index is 714. The summed E-state index contributed by atoms with van der Waals surface area (Å²) in [5, 5.41) is 7.45. The molecule has 0 aliphatic carbocycles. The molecule has 2 amide bonds. The summed E-state index contributed by atoms with van der Waals surface area (Å²) >= 11 is 1.27. The van der Waals surface area contributed by atoms with Gasteiger partial charge in [-0.15, -0.1) is 11.3 Å². The van der Waals surface area contributed by atoms with Crippen LogP contribution in [0.4, 0.5) is 10.8 Å². The Hall–Kier alpha value is -2.41. The fraction of sp³-hybridized carbons (Fsp3) is 0.214. The zero-order chi connectivity index (χ0) is 15.0. The van der Waals surface area contributed by atoms with Gasteiger partial charge in [0, 0.05) is 11.6 Å². The van der Waals surface area contributed by atoms with E-state index in [1.807, 2.05) is 13.0 Å². The Morgan fingerprint density at radius 1 is 1.48 bits per heavy atom. The van der Waals surface area contributed by atoms with Crippen molar-refractivity contribution < 1.29 is 14.3 Å². The van der Waals surface area contributed by atoms with Gasteiger partial charge in [-0.05, 0) is 31.5 Å². The molecule has 7 heteroatoms. The van der Waals surface area contributed by atoms with Crippen molar-refractivity contribution in [1.29, 1.82) is 0 Å². The number of nitrogens with zero attached hydrogens (tertiary/aromatic N) is 1. The van der Waals surface area contributed by atoms with Crippen molar-refractivity contribution in [3.05, 3.63) is 35.3 Å². The Morgan fingerprint density at radius 3 is 3.00 bits per heavy atom. The van der Waals surface area contributed by atoms with Gasteiger partial charge < -0.3 is 10.1 Å². The molecule has 1 aromatic carbocycles. The molecule has 1 atom stereocenters. The number of carbonyl (C=O) groups is 2. The molecule has 0 spiro atoms.